The average molecular weight is 188 g/mol. The Labute approximate surface area is 76.7 Å². The van der Waals surface area contributed by atoms with Gasteiger partial charge in [-0.3, -0.25) is 0 Å². The fourth-order valence-electron chi connectivity index (χ4n) is 1.23. The van der Waals surface area contributed by atoms with Crippen LogP contribution >= 0.6 is 0 Å². The molecule has 3 heteroatoms. The maximum atomic E-state index is 5.75. The van der Waals surface area contributed by atoms with Crippen molar-refractivity contribution in [3.8, 4) is 0 Å². The molecule has 0 aromatic heterocycles. The third-order valence-corrected chi connectivity index (χ3v) is 6.94. The zero-order valence-corrected chi connectivity index (χ0v) is 9.59. The van der Waals surface area contributed by atoms with E-state index in [1.54, 1.807) is 19.6 Å². The van der Waals surface area contributed by atoms with Gasteiger partial charge in [-0.15, -0.1) is 0 Å². The molecular weight excluding hydrogens is 168 g/mol. The monoisotopic (exact) mass is 188 g/mol. The molecule has 2 nitrogen and oxygen atoms in total. The summed E-state index contributed by atoms with van der Waals surface area (Å²) in [6.07, 6.45) is 3.30. The van der Waals surface area contributed by atoms with Crippen LogP contribution in [-0.2, 0) is 9.16 Å². The van der Waals surface area contributed by atoms with Gasteiger partial charge in [0, 0.05) is 0 Å². The van der Waals surface area contributed by atoms with Crippen molar-refractivity contribution in [3.05, 3.63) is 12.5 Å². The van der Waals surface area contributed by atoms with E-state index >= 15 is 0 Å². The van der Waals surface area contributed by atoms with Crippen LogP contribution in [-0.4, -0.2) is 15.4 Å². The van der Waals surface area contributed by atoms with Crippen LogP contribution in [0, 0.1) is 0 Å². The first kappa shape index (κ1) is 11.6. The Morgan fingerprint density at radius 3 is 1.83 bits per heavy atom. The SMILES string of the molecule is CC[Si](CC)(CC)O/C=C\OC. The summed E-state index contributed by atoms with van der Waals surface area (Å²) in [4.78, 5) is 0. The summed E-state index contributed by atoms with van der Waals surface area (Å²) >= 11 is 0. The zero-order valence-electron chi connectivity index (χ0n) is 8.59. The Hall–Kier alpha value is -0.443. The van der Waals surface area contributed by atoms with Crippen LogP contribution in [0.15, 0.2) is 12.5 Å². The molecule has 0 bridgehead atoms. The highest BCUT2D eigenvalue weighted by atomic mass is 28.4. The van der Waals surface area contributed by atoms with Gasteiger partial charge in [-0.25, -0.2) is 0 Å². The van der Waals surface area contributed by atoms with Gasteiger partial charge in [0.2, 0.25) is 8.32 Å². The van der Waals surface area contributed by atoms with Crippen molar-refractivity contribution in [2.45, 2.75) is 38.9 Å². The van der Waals surface area contributed by atoms with Crippen LogP contribution < -0.4 is 0 Å². The van der Waals surface area contributed by atoms with Crippen LogP contribution in [0.25, 0.3) is 0 Å². The second kappa shape index (κ2) is 6.12. The van der Waals surface area contributed by atoms with E-state index in [-0.39, 0.29) is 0 Å². The molecule has 0 saturated heterocycles. The Morgan fingerprint density at radius 2 is 1.50 bits per heavy atom. The third-order valence-electron chi connectivity index (χ3n) is 2.44. The van der Waals surface area contributed by atoms with Gasteiger partial charge in [0.25, 0.3) is 0 Å². The van der Waals surface area contributed by atoms with E-state index < -0.39 is 8.32 Å². The van der Waals surface area contributed by atoms with E-state index in [2.05, 4.69) is 20.8 Å². The van der Waals surface area contributed by atoms with Crippen LogP contribution in [0.2, 0.25) is 18.1 Å². The number of methoxy groups -OCH3 is 1. The molecule has 0 radical (unpaired) electrons. The molecule has 0 aromatic rings. The fourth-order valence-corrected chi connectivity index (χ4v) is 3.57. The highest BCUT2D eigenvalue weighted by Gasteiger charge is 2.28. The van der Waals surface area contributed by atoms with Crippen molar-refractivity contribution in [2.75, 3.05) is 7.11 Å². The van der Waals surface area contributed by atoms with Gasteiger partial charge in [-0.05, 0) is 18.1 Å². The summed E-state index contributed by atoms with van der Waals surface area (Å²) in [6.45, 7) is 6.62. The zero-order chi connectivity index (χ0) is 9.45. The molecule has 0 spiro atoms. The van der Waals surface area contributed by atoms with Crippen LogP contribution in [0.4, 0.5) is 0 Å². The number of hydrogen-bond donors (Lipinski definition) is 0. The summed E-state index contributed by atoms with van der Waals surface area (Å²) < 4.78 is 10.5. The highest BCUT2D eigenvalue weighted by molar-refractivity contribution is 6.73. The van der Waals surface area contributed by atoms with Gasteiger partial charge >= 0.3 is 0 Å². The smallest absolute Gasteiger partial charge is 0.249 e. The maximum absolute atomic E-state index is 5.75. The van der Waals surface area contributed by atoms with Gasteiger partial charge in [-0.2, -0.15) is 0 Å². The van der Waals surface area contributed by atoms with Gasteiger partial charge in [-0.1, -0.05) is 20.8 Å². The lowest BCUT2D eigenvalue weighted by Gasteiger charge is -2.26. The summed E-state index contributed by atoms with van der Waals surface area (Å²) in [5, 5.41) is 0. The minimum atomic E-state index is -1.42. The molecule has 0 fully saturated rings. The molecule has 0 aliphatic heterocycles. The number of hydrogen-bond acceptors (Lipinski definition) is 2. The van der Waals surface area contributed by atoms with E-state index in [9.17, 15) is 0 Å². The Balaban J connectivity index is 4.01. The largest absolute Gasteiger partial charge is 0.546 e. The van der Waals surface area contributed by atoms with Gasteiger partial charge in [0.05, 0.1) is 7.11 Å². The van der Waals surface area contributed by atoms with Crippen LogP contribution in [0.5, 0.6) is 0 Å². The first-order valence-corrected chi connectivity index (χ1v) is 7.13. The molecule has 0 aliphatic carbocycles. The predicted octanol–water partition coefficient (Wildman–Crippen LogP) is 3.13. The molecule has 0 amide bonds. The van der Waals surface area contributed by atoms with Crippen LogP contribution in [0.3, 0.4) is 0 Å². The average Bonchev–Trinajstić information content (AvgIpc) is 2.14. The third kappa shape index (κ3) is 3.30. The minimum Gasteiger partial charge on any atom is -0.546 e. The first-order valence-electron chi connectivity index (χ1n) is 4.60. The summed E-state index contributed by atoms with van der Waals surface area (Å²) in [7, 11) is 0.210. The first-order chi connectivity index (χ1) is 5.74. The standard InChI is InChI=1S/C9H20O2Si/c1-5-12(6-2,7-3)11-9-8-10-4/h8-9H,5-7H2,1-4H3/b9-8-. The number of ether oxygens (including phenoxy) is 1. The van der Waals surface area contributed by atoms with Gasteiger partial charge < -0.3 is 9.16 Å². The van der Waals surface area contributed by atoms with Crippen molar-refractivity contribution in [1.82, 2.24) is 0 Å². The molecule has 0 unspecified atom stereocenters. The quantitative estimate of drug-likeness (QED) is 0.471. The molecule has 72 valence electrons. The Kier molecular flexibility index (Phi) is 5.89. The second-order valence-electron chi connectivity index (χ2n) is 2.87. The molecule has 0 atom stereocenters. The molecule has 0 heterocycles. The summed E-state index contributed by atoms with van der Waals surface area (Å²) in [5.74, 6) is 0. The van der Waals surface area contributed by atoms with E-state index in [0.29, 0.717) is 0 Å². The highest BCUT2D eigenvalue weighted by Crippen LogP contribution is 2.21. The van der Waals surface area contributed by atoms with Crippen molar-refractivity contribution in [1.29, 1.82) is 0 Å². The molecular formula is C9H20O2Si. The Morgan fingerprint density at radius 1 is 1.00 bits per heavy atom. The van der Waals surface area contributed by atoms with Gasteiger partial charge in [0.15, 0.2) is 0 Å². The molecule has 0 saturated carbocycles. The number of rotatable bonds is 6. The van der Waals surface area contributed by atoms with Crippen LogP contribution in [0.1, 0.15) is 20.8 Å². The maximum Gasteiger partial charge on any atom is 0.249 e. The van der Waals surface area contributed by atoms with E-state index in [4.69, 9.17) is 9.16 Å². The lowest BCUT2D eigenvalue weighted by Crippen LogP contribution is -2.33. The van der Waals surface area contributed by atoms with E-state index in [1.807, 2.05) is 0 Å². The second-order valence-corrected chi connectivity index (χ2v) is 7.59. The van der Waals surface area contributed by atoms with Gasteiger partial charge in [0.1, 0.15) is 12.5 Å². The predicted molar refractivity (Wildman–Crippen MR) is 54.4 cm³/mol. The lowest BCUT2D eigenvalue weighted by molar-refractivity contribution is 0.317. The van der Waals surface area contributed by atoms with E-state index in [0.717, 1.165) is 0 Å². The van der Waals surface area contributed by atoms with E-state index in [1.165, 1.54) is 18.1 Å². The summed E-state index contributed by atoms with van der Waals surface area (Å²) in [6, 6.07) is 3.52. The lowest BCUT2D eigenvalue weighted by atomic mass is 10.9. The molecule has 12 heavy (non-hydrogen) atoms. The summed E-state index contributed by atoms with van der Waals surface area (Å²) in [5.41, 5.74) is 0. The minimum absolute atomic E-state index is 1.17. The molecule has 0 rings (SSSR count). The van der Waals surface area contributed by atoms with Crippen molar-refractivity contribution in [3.63, 3.8) is 0 Å². The van der Waals surface area contributed by atoms with Crippen molar-refractivity contribution >= 4 is 8.32 Å². The molecule has 0 N–H and O–H groups in total. The normalized spacial score (nSPS) is 12.0. The van der Waals surface area contributed by atoms with Crippen molar-refractivity contribution < 1.29 is 9.16 Å². The molecule has 0 aromatic carbocycles. The molecule has 0 aliphatic rings. The fraction of sp³-hybridized carbons (Fsp3) is 0.778. The topological polar surface area (TPSA) is 18.5 Å². The Bertz CT molecular complexity index is 122. The van der Waals surface area contributed by atoms with Crippen molar-refractivity contribution in [2.24, 2.45) is 0 Å².